The molecule has 0 saturated carbocycles. The number of ether oxygens (including phenoxy) is 2. The van der Waals surface area contributed by atoms with Gasteiger partial charge >= 0.3 is 0 Å². The Kier molecular flexibility index (Phi) is 4.44. The topological polar surface area (TPSA) is 50.7 Å². The summed E-state index contributed by atoms with van der Waals surface area (Å²) >= 11 is 0. The molecular formula is C14H21NO3. The fraction of sp³-hybridized carbons (Fsp3) is 0.571. The van der Waals surface area contributed by atoms with E-state index in [4.69, 9.17) is 9.47 Å². The van der Waals surface area contributed by atoms with E-state index >= 15 is 0 Å². The van der Waals surface area contributed by atoms with Crippen LogP contribution in [0, 0.1) is 5.92 Å². The second kappa shape index (κ2) is 6.07. The van der Waals surface area contributed by atoms with Crippen LogP contribution in [-0.2, 0) is 6.54 Å². The monoisotopic (exact) mass is 251 g/mol. The highest BCUT2D eigenvalue weighted by molar-refractivity contribution is 5.48. The lowest BCUT2D eigenvalue weighted by atomic mass is 10.1. The number of fused-ring (bicyclic) bond motifs is 1. The Bertz CT molecular complexity index is 393. The quantitative estimate of drug-likeness (QED) is 0.811. The van der Waals surface area contributed by atoms with Crippen LogP contribution in [0.25, 0.3) is 0 Å². The maximum Gasteiger partial charge on any atom is 0.231 e. The maximum absolute atomic E-state index is 9.77. The summed E-state index contributed by atoms with van der Waals surface area (Å²) in [5.41, 5.74) is 1.07. The van der Waals surface area contributed by atoms with Crippen molar-refractivity contribution in [1.82, 2.24) is 5.32 Å². The molecule has 0 spiro atoms. The van der Waals surface area contributed by atoms with E-state index < -0.39 is 0 Å². The van der Waals surface area contributed by atoms with Crippen molar-refractivity contribution in [2.45, 2.75) is 32.9 Å². The molecule has 0 fully saturated rings. The Balaban J connectivity index is 1.82. The average molecular weight is 251 g/mol. The van der Waals surface area contributed by atoms with E-state index in [1.165, 1.54) is 0 Å². The minimum absolute atomic E-state index is 0.293. The van der Waals surface area contributed by atoms with Crippen LogP contribution >= 0.6 is 0 Å². The average Bonchev–Trinajstić information content (AvgIpc) is 2.76. The second-order valence-electron chi connectivity index (χ2n) is 5.07. The van der Waals surface area contributed by atoms with E-state index in [1.807, 2.05) is 18.2 Å². The first-order valence-electron chi connectivity index (χ1n) is 6.43. The van der Waals surface area contributed by atoms with Crippen molar-refractivity contribution in [2.24, 2.45) is 5.92 Å². The normalized spacial score (nSPS) is 15.1. The molecule has 100 valence electrons. The molecule has 0 saturated heterocycles. The fourth-order valence-corrected chi connectivity index (χ4v) is 2.13. The Hall–Kier alpha value is -1.26. The first-order valence-corrected chi connectivity index (χ1v) is 6.43. The minimum Gasteiger partial charge on any atom is -0.454 e. The minimum atomic E-state index is -0.293. The number of benzene rings is 1. The van der Waals surface area contributed by atoms with Crippen LogP contribution in [0.3, 0.4) is 0 Å². The summed E-state index contributed by atoms with van der Waals surface area (Å²) in [7, 11) is 0. The van der Waals surface area contributed by atoms with Gasteiger partial charge in [0.25, 0.3) is 0 Å². The predicted molar refractivity (Wildman–Crippen MR) is 69.7 cm³/mol. The fourth-order valence-electron chi connectivity index (χ4n) is 2.13. The molecule has 2 N–H and O–H groups in total. The lowest BCUT2D eigenvalue weighted by Crippen LogP contribution is -2.27. The third-order valence-electron chi connectivity index (χ3n) is 2.92. The summed E-state index contributed by atoms with van der Waals surface area (Å²) in [6.45, 7) is 5.80. The van der Waals surface area contributed by atoms with E-state index in [1.54, 1.807) is 0 Å². The Morgan fingerprint density at radius 2 is 2.17 bits per heavy atom. The molecule has 0 bridgehead atoms. The summed E-state index contributed by atoms with van der Waals surface area (Å²) < 4.78 is 10.7. The molecule has 1 aromatic rings. The van der Waals surface area contributed by atoms with Crippen molar-refractivity contribution < 1.29 is 14.6 Å². The zero-order chi connectivity index (χ0) is 13.0. The molecule has 2 rings (SSSR count). The number of rotatable bonds is 6. The molecular weight excluding hydrogens is 230 g/mol. The molecule has 0 aromatic heterocycles. The van der Waals surface area contributed by atoms with Gasteiger partial charge in [0.1, 0.15) is 0 Å². The van der Waals surface area contributed by atoms with Crippen LogP contribution in [0.5, 0.6) is 11.5 Å². The lowest BCUT2D eigenvalue weighted by Gasteiger charge is -2.14. The van der Waals surface area contributed by atoms with E-state index in [2.05, 4.69) is 19.2 Å². The van der Waals surface area contributed by atoms with Crippen molar-refractivity contribution in [3.8, 4) is 11.5 Å². The highest BCUT2D eigenvalue weighted by Gasteiger charge is 2.16. The molecule has 1 aliphatic heterocycles. The smallest absolute Gasteiger partial charge is 0.231 e. The van der Waals surface area contributed by atoms with Crippen molar-refractivity contribution in [3.63, 3.8) is 0 Å². The molecule has 18 heavy (non-hydrogen) atoms. The number of hydrogen-bond donors (Lipinski definition) is 2. The zero-order valence-electron chi connectivity index (χ0n) is 11.0. The van der Waals surface area contributed by atoms with Gasteiger partial charge in [-0.3, -0.25) is 0 Å². The first-order chi connectivity index (χ1) is 8.66. The molecule has 1 aromatic carbocycles. The summed E-state index contributed by atoms with van der Waals surface area (Å²) in [4.78, 5) is 0. The van der Waals surface area contributed by atoms with Gasteiger partial charge < -0.3 is 19.9 Å². The van der Waals surface area contributed by atoms with Crippen LogP contribution in [-0.4, -0.2) is 24.5 Å². The van der Waals surface area contributed by atoms with Crippen molar-refractivity contribution in [1.29, 1.82) is 0 Å². The molecule has 0 aliphatic carbocycles. The summed E-state index contributed by atoms with van der Waals surface area (Å²) in [5.74, 6) is 2.14. The Morgan fingerprint density at radius 3 is 2.94 bits per heavy atom. The van der Waals surface area contributed by atoms with E-state index in [0.29, 0.717) is 25.8 Å². The lowest BCUT2D eigenvalue weighted by molar-refractivity contribution is 0.145. The van der Waals surface area contributed by atoms with Crippen LogP contribution in [0.2, 0.25) is 0 Å². The van der Waals surface area contributed by atoms with E-state index in [0.717, 1.165) is 23.5 Å². The molecule has 1 unspecified atom stereocenters. The molecule has 0 radical (unpaired) electrons. The van der Waals surface area contributed by atoms with Gasteiger partial charge in [-0.05, 0) is 18.4 Å². The molecule has 1 atom stereocenters. The third-order valence-corrected chi connectivity index (χ3v) is 2.92. The highest BCUT2D eigenvalue weighted by Crippen LogP contribution is 2.35. The van der Waals surface area contributed by atoms with Gasteiger partial charge in [0.2, 0.25) is 6.79 Å². The molecule has 4 heteroatoms. The largest absolute Gasteiger partial charge is 0.454 e. The predicted octanol–water partition coefficient (Wildman–Crippen LogP) is 1.91. The van der Waals surface area contributed by atoms with Crippen LogP contribution in [0.4, 0.5) is 0 Å². The Morgan fingerprint density at radius 1 is 1.33 bits per heavy atom. The van der Waals surface area contributed by atoms with Crippen LogP contribution < -0.4 is 14.8 Å². The molecule has 4 nitrogen and oxygen atoms in total. The number of aliphatic hydroxyl groups is 1. The summed E-state index contributed by atoms with van der Waals surface area (Å²) in [5, 5.41) is 13.0. The Labute approximate surface area is 108 Å². The SMILES string of the molecule is CC(C)CC(O)CNCc1cccc2c1OCO2. The first kappa shape index (κ1) is 13.2. The summed E-state index contributed by atoms with van der Waals surface area (Å²) in [6.07, 6.45) is 0.526. The highest BCUT2D eigenvalue weighted by atomic mass is 16.7. The van der Waals surface area contributed by atoms with Crippen molar-refractivity contribution in [3.05, 3.63) is 23.8 Å². The van der Waals surface area contributed by atoms with Gasteiger partial charge in [-0.1, -0.05) is 26.0 Å². The van der Waals surface area contributed by atoms with Gasteiger partial charge in [0.15, 0.2) is 11.5 Å². The number of aliphatic hydroxyl groups excluding tert-OH is 1. The van der Waals surface area contributed by atoms with Gasteiger partial charge in [-0.15, -0.1) is 0 Å². The number of nitrogens with one attached hydrogen (secondary N) is 1. The van der Waals surface area contributed by atoms with Crippen molar-refractivity contribution in [2.75, 3.05) is 13.3 Å². The zero-order valence-corrected chi connectivity index (χ0v) is 11.0. The number of hydrogen-bond acceptors (Lipinski definition) is 4. The third kappa shape index (κ3) is 3.37. The maximum atomic E-state index is 9.77. The van der Waals surface area contributed by atoms with Gasteiger partial charge in [-0.2, -0.15) is 0 Å². The van der Waals surface area contributed by atoms with Gasteiger partial charge in [-0.25, -0.2) is 0 Å². The molecule has 1 aliphatic rings. The van der Waals surface area contributed by atoms with Crippen LogP contribution in [0.15, 0.2) is 18.2 Å². The molecule has 0 amide bonds. The van der Waals surface area contributed by atoms with Crippen LogP contribution in [0.1, 0.15) is 25.8 Å². The summed E-state index contributed by atoms with van der Waals surface area (Å²) in [6, 6.07) is 5.86. The van der Waals surface area contributed by atoms with E-state index in [-0.39, 0.29) is 6.10 Å². The number of para-hydroxylation sites is 1. The van der Waals surface area contributed by atoms with E-state index in [9.17, 15) is 5.11 Å². The van der Waals surface area contributed by atoms with Gasteiger partial charge in [0, 0.05) is 18.7 Å². The van der Waals surface area contributed by atoms with Gasteiger partial charge in [0.05, 0.1) is 6.10 Å². The standard InChI is InChI=1S/C14H21NO3/c1-10(2)6-12(16)8-15-7-11-4-3-5-13-14(11)18-9-17-13/h3-5,10,12,15-16H,6-9H2,1-2H3. The van der Waals surface area contributed by atoms with Crippen molar-refractivity contribution >= 4 is 0 Å². The second-order valence-corrected chi connectivity index (χ2v) is 5.07. The molecule has 1 heterocycles.